The Kier molecular flexibility index (Phi) is 4.83. The molecule has 1 aromatic rings. The van der Waals surface area contributed by atoms with Gasteiger partial charge in [-0.3, -0.25) is 0 Å². The first-order chi connectivity index (χ1) is 8.74. The average molecular weight is 266 g/mol. The second-order valence-electron chi connectivity index (χ2n) is 4.84. The topological polar surface area (TPSA) is 63.8 Å². The molecule has 0 bridgehead atoms. The highest BCUT2D eigenvalue weighted by Gasteiger charge is 2.19. The van der Waals surface area contributed by atoms with E-state index in [1.165, 1.54) is 25.7 Å². The number of hydrazine groups is 1. The van der Waals surface area contributed by atoms with Crippen molar-refractivity contribution in [3.05, 3.63) is 11.4 Å². The van der Waals surface area contributed by atoms with Gasteiger partial charge in [-0.15, -0.1) is 11.8 Å². The van der Waals surface area contributed by atoms with E-state index in [1.807, 2.05) is 18.7 Å². The molecular weight excluding hydrogens is 244 g/mol. The molecule has 0 unspecified atom stereocenters. The zero-order chi connectivity index (χ0) is 13.0. The van der Waals surface area contributed by atoms with Crippen molar-refractivity contribution in [1.82, 2.24) is 9.97 Å². The van der Waals surface area contributed by atoms with Gasteiger partial charge >= 0.3 is 0 Å². The van der Waals surface area contributed by atoms with Crippen molar-refractivity contribution < 1.29 is 0 Å². The van der Waals surface area contributed by atoms with E-state index in [4.69, 9.17) is 10.8 Å². The third kappa shape index (κ3) is 3.14. The Morgan fingerprint density at radius 1 is 1.33 bits per heavy atom. The maximum Gasteiger partial charge on any atom is 0.147 e. The van der Waals surface area contributed by atoms with E-state index < -0.39 is 0 Å². The highest BCUT2D eigenvalue weighted by molar-refractivity contribution is 7.99. The van der Waals surface area contributed by atoms with E-state index in [2.05, 4.69) is 17.3 Å². The maximum absolute atomic E-state index is 5.54. The van der Waals surface area contributed by atoms with Gasteiger partial charge in [0.05, 0.1) is 0 Å². The summed E-state index contributed by atoms with van der Waals surface area (Å²) in [5.74, 6) is 7.21. The Morgan fingerprint density at radius 2 is 2.06 bits per heavy atom. The zero-order valence-corrected chi connectivity index (χ0v) is 12.0. The molecule has 0 aromatic carbocycles. The average Bonchev–Trinajstić information content (AvgIpc) is 2.86. The number of nitrogens with zero attached hydrogens (tertiary/aromatic N) is 2. The number of nitrogens with one attached hydrogen (secondary N) is 1. The summed E-state index contributed by atoms with van der Waals surface area (Å²) in [5.41, 5.74) is 3.77. The lowest BCUT2D eigenvalue weighted by Gasteiger charge is -2.14. The van der Waals surface area contributed by atoms with Gasteiger partial charge in [-0.2, -0.15) is 0 Å². The molecule has 3 N–H and O–H groups in total. The molecule has 0 atom stereocenters. The Morgan fingerprint density at radius 3 is 2.67 bits per heavy atom. The molecule has 4 nitrogen and oxygen atoms in total. The maximum atomic E-state index is 5.54. The molecule has 0 aliphatic heterocycles. The van der Waals surface area contributed by atoms with Gasteiger partial charge in [0, 0.05) is 17.2 Å². The summed E-state index contributed by atoms with van der Waals surface area (Å²) in [6.07, 6.45) is 7.29. The summed E-state index contributed by atoms with van der Waals surface area (Å²) < 4.78 is 0. The van der Waals surface area contributed by atoms with E-state index in [0.717, 1.165) is 40.3 Å². The fraction of sp³-hybridized carbons (Fsp3) is 0.692. The standard InChI is InChI=1S/C13H22N4S/c1-3-6-11-15-12(17-14)9(2)13(16-11)18-10-7-4-5-8-10/h10H,3-8,14H2,1-2H3,(H,15,16,17). The van der Waals surface area contributed by atoms with Crippen LogP contribution in [0.15, 0.2) is 5.03 Å². The van der Waals surface area contributed by atoms with Crippen molar-refractivity contribution in [2.45, 2.75) is 62.6 Å². The SMILES string of the molecule is CCCc1nc(NN)c(C)c(SC2CCCC2)n1. The molecule has 0 amide bonds. The first-order valence-corrected chi connectivity index (χ1v) is 7.63. The Balaban J connectivity index is 2.22. The quantitative estimate of drug-likeness (QED) is 0.487. The van der Waals surface area contributed by atoms with Crippen molar-refractivity contribution in [2.75, 3.05) is 5.43 Å². The molecule has 1 heterocycles. The fourth-order valence-corrected chi connectivity index (χ4v) is 3.61. The van der Waals surface area contributed by atoms with Gasteiger partial charge in [-0.25, -0.2) is 15.8 Å². The highest BCUT2D eigenvalue weighted by atomic mass is 32.2. The molecule has 0 radical (unpaired) electrons. The van der Waals surface area contributed by atoms with Crippen LogP contribution < -0.4 is 11.3 Å². The van der Waals surface area contributed by atoms with E-state index in [9.17, 15) is 0 Å². The largest absolute Gasteiger partial charge is 0.308 e. The van der Waals surface area contributed by atoms with E-state index >= 15 is 0 Å². The molecule has 1 aliphatic carbocycles. The van der Waals surface area contributed by atoms with E-state index in [1.54, 1.807) is 0 Å². The summed E-state index contributed by atoms with van der Waals surface area (Å²) in [4.78, 5) is 9.15. The molecule has 2 rings (SSSR count). The van der Waals surface area contributed by atoms with Gasteiger partial charge < -0.3 is 5.43 Å². The number of nitrogen functional groups attached to an aromatic ring is 1. The van der Waals surface area contributed by atoms with Crippen LogP contribution >= 0.6 is 11.8 Å². The molecule has 18 heavy (non-hydrogen) atoms. The fourth-order valence-electron chi connectivity index (χ4n) is 2.30. The molecule has 1 aliphatic rings. The first-order valence-electron chi connectivity index (χ1n) is 6.75. The van der Waals surface area contributed by atoms with Crippen LogP contribution in [0.3, 0.4) is 0 Å². The predicted octanol–water partition coefficient (Wildman–Crippen LogP) is 3.06. The summed E-state index contributed by atoms with van der Waals surface area (Å²) in [6.45, 7) is 4.19. The highest BCUT2D eigenvalue weighted by Crippen LogP contribution is 2.36. The molecule has 1 fully saturated rings. The molecule has 1 aromatic heterocycles. The lowest BCUT2D eigenvalue weighted by atomic mass is 10.3. The number of nitrogens with two attached hydrogens (primary N) is 1. The number of aromatic nitrogens is 2. The van der Waals surface area contributed by atoms with Crippen LogP contribution in [0.4, 0.5) is 5.82 Å². The summed E-state index contributed by atoms with van der Waals surface area (Å²) in [7, 11) is 0. The normalized spacial score (nSPS) is 16.2. The number of aryl methyl sites for hydroxylation is 1. The monoisotopic (exact) mass is 266 g/mol. The van der Waals surface area contributed by atoms with Gasteiger partial charge in [0.2, 0.25) is 0 Å². The van der Waals surface area contributed by atoms with E-state index in [-0.39, 0.29) is 0 Å². The van der Waals surface area contributed by atoms with Crippen molar-refractivity contribution in [2.24, 2.45) is 5.84 Å². The lowest BCUT2D eigenvalue weighted by Crippen LogP contribution is -2.13. The molecule has 0 saturated heterocycles. The van der Waals surface area contributed by atoms with Gasteiger partial charge in [-0.1, -0.05) is 19.8 Å². The van der Waals surface area contributed by atoms with Gasteiger partial charge in [0.1, 0.15) is 16.7 Å². The Labute approximate surface area is 113 Å². The second-order valence-corrected chi connectivity index (χ2v) is 6.13. The zero-order valence-electron chi connectivity index (χ0n) is 11.2. The van der Waals surface area contributed by atoms with Crippen molar-refractivity contribution in [1.29, 1.82) is 0 Å². The van der Waals surface area contributed by atoms with Crippen LogP contribution in [-0.4, -0.2) is 15.2 Å². The predicted molar refractivity (Wildman–Crippen MR) is 76.7 cm³/mol. The van der Waals surface area contributed by atoms with Crippen molar-refractivity contribution in [3.8, 4) is 0 Å². The van der Waals surface area contributed by atoms with Crippen LogP contribution in [0.5, 0.6) is 0 Å². The summed E-state index contributed by atoms with van der Waals surface area (Å²) >= 11 is 1.90. The van der Waals surface area contributed by atoms with Crippen LogP contribution in [0.1, 0.15) is 50.4 Å². The lowest BCUT2D eigenvalue weighted by molar-refractivity contribution is 0.799. The van der Waals surface area contributed by atoms with Crippen molar-refractivity contribution >= 4 is 17.6 Å². The molecule has 100 valence electrons. The van der Waals surface area contributed by atoms with Crippen LogP contribution in [-0.2, 0) is 6.42 Å². The summed E-state index contributed by atoms with van der Waals surface area (Å²) in [6, 6.07) is 0. The Bertz CT molecular complexity index is 402. The Hall–Kier alpha value is -0.810. The molecule has 5 heteroatoms. The third-order valence-electron chi connectivity index (χ3n) is 3.34. The number of anilines is 1. The molecule has 1 saturated carbocycles. The number of hydrogen-bond acceptors (Lipinski definition) is 5. The summed E-state index contributed by atoms with van der Waals surface area (Å²) in [5, 5.41) is 1.83. The minimum absolute atomic E-state index is 0.721. The number of rotatable bonds is 5. The first kappa shape index (κ1) is 13.6. The second kappa shape index (κ2) is 6.38. The smallest absolute Gasteiger partial charge is 0.147 e. The van der Waals surface area contributed by atoms with Gasteiger partial charge in [0.15, 0.2) is 0 Å². The van der Waals surface area contributed by atoms with Gasteiger partial charge in [-0.05, 0) is 26.2 Å². The number of thioether (sulfide) groups is 1. The minimum atomic E-state index is 0.721. The number of hydrogen-bond donors (Lipinski definition) is 2. The van der Waals surface area contributed by atoms with E-state index in [0.29, 0.717) is 0 Å². The van der Waals surface area contributed by atoms with Crippen LogP contribution in [0.25, 0.3) is 0 Å². The third-order valence-corrected chi connectivity index (χ3v) is 4.76. The minimum Gasteiger partial charge on any atom is -0.308 e. The molecular formula is C13H22N4S. The van der Waals surface area contributed by atoms with Crippen LogP contribution in [0, 0.1) is 6.92 Å². The van der Waals surface area contributed by atoms with Gasteiger partial charge in [0.25, 0.3) is 0 Å². The molecule has 0 spiro atoms. The van der Waals surface area contributed by atoms with Crippen molar-refractivity contribution in [3.63, 3.8) is 0 Å². The van der Waals surface area contributed by atoms with Crippen LogP contribution in [0.2, 0.25) is 0 Å².